The Morgan fingerprint density at radius 1 is 0.481 bits per heavy atom. The highest BCUT2D eigenvalue weighted by molar-refractivity contribution is 5.42. The summed E-state index contributed by atoms with van der Waals surface area (Å²) in [6, 6.07) is 1.39. The van der Waals surface area contributed by atoms with E-state index in [2.05, 4.69) is 155 Å². The van der Waals surface area contributed by atoms with Gasteiger partial charge in [-0.1, -0.05) is 26.2 Å². The number of hydrogen-bond acceptors (Lipinski definition) is 9. The first kappa shape index (κ1) is 45.2. The Bertz CT molecular complexity index is 1310. The summed E-state index contributed by atoms with van der Waals surface area (Å²) in [5.41, 5.74) is 0.789. The topological polar surface area (TPSA) is 58.1 Å². The number of piperidine rings is 3. The Hall–Kier alpha value is -1.55. The fourth-order valence-electron chi connectivity index (χ4n) is 10.8. The summed E-state index contributed by atoms with van der Waals surface area (Å²) in [5.74, 6) is 2.60. The second-order valence-electron chi connectivity index (χ2n) is 21.9. The quantitative estimate of drug-likeness (QED) is 0.163. The van der Waals surface area contributed by atoms with Crippen LogP contribution in [0.2, 0.25) is 0 Å². The lowest BCUT2D eigenvalue weighted by Gasteiger charge is -2.56. The van der Waals surface area contributed by atoms with Gasteiger partial charge in [0.05, 0.1) is 0 Å². The average molecular weight is 754 g/mol. The van der Waals surface area contributed by atoms with Gasteiger partial charge >= 0.3 is 0 Å². The van der Waals surface area contributed by atoms with Gasteiger partial charge < -0.3 is 14.7 Å². The predicted octanol–water partition coefficient (Wildman–Crippen LogP) is 9.04. The first-order valence-corrected chi connectivity index (χ1v) is 21.9. The van der Waals surface area contributed by atoms with Gasteiger partial charge in [-0.2, -0.15) is 15.0 Å². The zero-order chi connectivity index (χ0) is 40.7. The van der Waals surface area contributed by atoms with Gasteiger partial charge in [0.15, 0.2) is 0 Å². The first-order chi connectivity index (χ1) is 24.7. The molecule has 0 aliphatic carbocycles. The molecule has 1 aromatic heterocycles. The molecule has 0 saturated carbocycles. The lowest BCUT2D eigenvalue weighted by atomic mass is 9.77. The van der Waals surface area contributed by atoms with Gasteiger partial charge in [0.2, 0.25) is 11.9 Å². The molecule has 4 rings (SSSR count). The lowest BCUT2D eigenvalue weighted by molar-refractivity contribution is -0.0426. The van der Waals surface area contributed by atoms with E-state index in [1.165, 1.54) is 38.6 Å². The van der Waals surface area contributed by atoms with Crippen molar-refractivity contribution in [3.05, 3.63) is 5.82 Å². The highest BCUT2D eigenvalue weighted by atomic mass is 15.4. The summed E-state index contributed by atoms with van der Waals surface area (Å²) in [7, 11) is 9.29. The molecular formula is C45H87N9. The van der Waals surface area contributed by atoms with Crippen LogP contribution in [0, 0.1) is 6.92 Å². The van der Waals surface area contributed by atoms with Crippen LogP contribution < -0.4 is 9.80 Å². The number of likely N-dealkylation sites (tertiary alicyclic amines) is 3. The van der Waals surface area contributed by atoms with E-state index in [0.29, 0.717) is 18.1 Å². The van der Waals surface area contributed by atoms with Gasteiger partial charge in [-0.05, 0) is 183 Å². The largest absolute Gasteiger partial charge is 0.338 e. The van der Waals surface area contributed by atoms with Crippen LogP contribution in [0.5, 0.6) is 0 Å². The van der Waals surface area contributed by atoms with Gasteiger partial charge in [0.1, 0.15) is 5.82 Å². The first-order valence-electron chi connectivity index (χ1n) is 21.9. The van der Waals surface area contributed by atoms with Crippen LogP contribution in [-0.2, 0) is 0 Å². The molecule has 3 fully saturated rings. The average Bonchev–Trinajstić information content (AvgIpc) is 3.03. The monoisotopic (exact) mass is 754 g/mol. The van der Waals surface area contributed by atoms with Crippen molar-refractivity contribution in [2.45, 2.75) is 225 Å². The number of unbranched alkanes of at least 4 members (excludes halogenated alkanes) is 4. The van der Waals surface area contributed by atoms with Gasteiger partial charge in [-0.3, -0.25) is 14.7 Å². The maximum Gasteiger partial charge on any atom is 0.230 e. The van der Waals surface area contributed by atoms with Gasteiger partial charge in [-0.25, -0.2) is 0 Å². The maximum atomic E-state index is 5.48. The minimum atomic E-state index is 0.0790. The Labute approximate surface area is 334 Å². The smallest absolute Gasteiger partial charge is 0.230 e. The van der Waals surface area contributed by atoms with Crippen molar-refractivity contribution >= 4 is 11.9 Å². The molecular weight excluding hydrogens is 667 g/mol. The van der Waals surface area contributed by atoms with Crippen LogP contribution in [0.15, 0.2) is 0 Å². The van der Waals surface area contributed by atoms with Crippen LogP contribution in [0.3, 0.4) is 0 Å². The van der Waals surface area contributed by atoms with Crippen molar-refractivity contribution < 1.29 is 0 Å². The fourth-order valence-corrected chi connectivity index (χ4v) is 10.8. The van der Waals surface area contributed by atoms with Crippen molar-refractivity contribution in [1.82, 2.24) is 34.6 Å². The molecule has 0 radical (unpaired) electrons. The van der Waals surface area contributed by atoms with Crippen LogP contribution in [0.25, 0.3) is 0 Å². The summed E-state index contributed by atoms with van der Waals surface area (Å²) in [6.45, 7) is 36.5. The molecule has 0 spiro atoms. The van der Waals surface area contributed by atoms with E-state index in [9.17, 15) is 0 Å². The number of aromatic nitrogens is 3. The molecule has 3 saturated heterocycles. The molecule has 0 N–H and O–H groups in total. The summed E-state index contributed by atoms with van der Waals surface area (Å²) < 4.78 is 0. The Morgan fingerprint density at radius 2 is 0.796 bits per heavy atom. The number of nitrogens with zero attached hydrogens (tertiary/aromatic N) is 9. The van der Waals surface area contributed by atoms with Gasteiger partial charge in [0.25, 0.3) is 0 Å². The summed E-state index contributed by atoms with van der Waals surface area (Å²) in [6.07, 6.45) is 14.0. The molecule has 0 unspecified atom stereocenters. The van der Waals surface area contributed by atoms with E-state index in [4.69, 9.17) is 15.0 Å². The third kappa shape index (κ3) is 10.3. The molecule has 0 aromatic carbocycles. The predicted molar refractivity (Wildman–Crippen MR) is 232 cm³/mol. The Morgan fingerprint density at radius 3 is 1.15 bits per heavy atom. The van der Waals surface area contributed by atoms with Gasteiger partial charge in [0, 0.05) is 64.4 Å². The van der Waals surface area contributed by atoms with E-state index < -0.39 is 0 Å². The number of rotatable bonds is 15. The molecule has 0 amide bonds. The fraction of sp³-hybridized carbons (Fsp3) is 0.933. The van der Waals surface area contributed by atoms with Crippen LogP contribution in [-0.4, -0.2) is 134 Å². The Kier molecular flexibility index (Phi) is 14.0. The van der Waals surface area contributed by atoms with Crippen LogP contribution in [0.1, 0.15) is 173 Å². The zero-order valence-electron chi connectivity index (χ0n) is 38.9. The Balaban J connectivity index is 1.54. The van der Waals surface area contributed by atoms with Crippen molar-refractivity contribution in [2.24, 2.45) is 0 Å². The molecule has 312 valence electrons. The zero-order valence-corrected chi connectivity index (χ0v) is 38.9. The highest BCUT2D eigenvalue weighted by Crippen LogP contribution is 2.42. The minimum absolute atomic E-state index is 0.0790. The molecule has 3 aliphatic heterocycles. The van der Waals surface area contributed by atoms with Crippen LogP contribution in [0.4, 0.5) is 11.9 Å². The van der Waals surface area contributed by atoms with Crippen molar-refractivity contribution in [3.8, 4) is 0 Å². The SMILES string of the molecule is CCCCN(c1nc(C)nc(N(CCCCCCN(C)C2CC(C)(C)N(C)C(C)(C)C2)C2CC(C)(C)N(C)C(C)(C)C2)n1)C1CC(C)(C)N(C)C(C)(C)C1. The third-order valence-corrected chi connectivity index (χ3v) is 15.0. The molecule has 4 heterocycles. The summed E-state index contributed by atoms with van der Waals surface area (Å²) >= 11 is 0. The van der Waals surface area contributed by atoms with E-state index in [1.807, 2.05) is 0 Å². The third-order valence-electron chi connectivity index (χ3n) is 15.0. The number of anilines is 2. The van der Waals surface area contributed by atoms with E-state index in [1.54, 1.807) is 0 Å². The molecule has 9 heteroatoms. The summed E-state index contributed by atoms with van der Waals surface area (Å²) in [4.78, 5) is 31.4. The summed E-state index contributed by atoms with van der Waals surface area (Å²) in [5, 5.41) is 0. The number of hydrogen-bond donors (Lipinski definition) is 0. The van der Waals surface area contributed by atoms with Crippen molar-refractivity contribution in [3.63, 3.8) is 0 Å². The lowest BCUT2D eigenvalue weighted by Crippen LogP contribution is -2.63. The standard InChI is InChI=1S/C45H87N9/c1-19-20-26-53(36-30-42(7,8)51(17)43(9,10)31-36)38-46-34(2)47-39(48-38)54(37-32-44(11,12)52(18)45(13,14)33-37)27-24-22-21-23-25-49(15)35-28-40(3,4)50(16)41(5,6)29-35/h35-37H,19-33H2,1-18H3. The van der Waals surface area contributed by atoms with Gasteiger partial charge in [-0.15, -0.1) is 0 Å². The number of aryl methyl sites for hydroxylation is 1. The second-order valence-corrected chi connectivity index (χ2v) is 21.9. The minimum Gasteiger partial charge on any atom is -0.338 e. The maximum absolute atomic E-state index is 5.48. The van der Waals surface area contributed by atoms with E-state index in [-0.39, 0.29) is 33.2 Å². The molecule has 3 aliphatic rings. The van der Waals surface area contributed by atoms with Crippen molar-refractivity contribution in [2.75, 3.05) is 57.6 Å². The highest BCUT2D eigenvalue weighted by Gasteiger charge is 2.47. The molecule has 0 atom stereocenters. The van der Waals surface area contributed by atoms with Crippen molar-refractivity contribution in [1.29, 1.82) is 0 Å². The molecule has 54 heavy (non-hydrogen) atoms. The molecule has 9 nitrogen and oxygen atoms in total. The molecule has 1 aromatic rings. The van der Waals surface area contributed by atoms with E-state index in [0.717, 1.165) is 75.8 Å². The second kappa shape index (κ2) is 16.7. The van der Waals surface area contributed by atoms with Crippen LogP contribution >= 0.6 is 0 Å². The molecule has 0 bridgehead atoms. The normalized spacial score (nSPS) is 24.9. The van der Waals surface area contributed by atoms with E-state index >= 15 is 0 Å².